The molecule has 0 spiro atoms. The molecule has 2 atom stereocenters. The topological polar surface area (TPSA) is 0 Å². The van der Waals surface area contributed by atoms with E-state index in [0.29, 0.717) is 21.7 Å². The molecule has 31 heavy (non-hydrogen) atoms. The zero-order valence-electron chi connectivity index (χ0n) is 23.8. The summed E-state index contributed by atoms with van der Waals surface area (Å²) < 4.78 is 0. The Labute approximate surface area is 198 Å². The Kier molecular flexibility index (Phi) is 8.53. The van der Waals surface area contributed by atoms with Crippen LogP contribution >= 0.6 is 0 Å². The minimum absolute atomic E-state index is 0.502. The Morgan fingerprint density at radius 1 is 0.548 bits per heavy atom. The first-order valence-electron chi connectivity index (χ1n) is 14.0. The first-order valence-corrected chi connectivity index (χ1v) is 14.0. The molecule has 2 fully saturated rings. The number of rotatable bonds is 8. The van der Waals surface area contributed by atoms with Crippen molar-refractivity contribution in [3.63, 3.8) is 0 Å². The molecule has 0 aromatic rings. The van der Waals surface area contributed by atoms with Gasteiger partial charge in [-0.15, -0.1) is 0 Å². The van der Waals surface area contributed by atoms with E-state index in [9.17, 15) is 0 Å². The van der Waals surface area contributed by atoms with Gasteiger partial charge in [-0.3, -0.25) is 0 Å². The first-order chi connectivity index (χ1) is 14.0. The third kappa shape index (κ3) is 6.53. The normalized spacial score (nSPS) is 36.0. The second kappa shape index (κ2) is 9.70. The molecule has 0 aromatic carbocycles. The van der Waals surface area contributed by atoms with Crippen molar-refractivity contribution in [1.82, 2.24) is 0 Å². The quantitative estimate of drug-likeness (QED) is 0.358. The molecule has 0 nitrogen and oxygen atoms in total. The maximum absolute atomic E-state index is 2.56. The molecule has 0 aromatic heterocycles. The highest BCUT2D eigenvalue weighted by Crippen LogP contribution is 2.57. The van der Waals surface area contributed by atoms with Crippen LogP contribution in [0.25, 0.3) is 0 Å². The Bertz CT molecular complexity index is 477. The highest BCUT2D eigenvalue weighted by atomic mass is 14.5. The summed E-state index contributed by atoms with van der Waals surface area (Å²) in [5, 5.41) is 0. The fraction of sp³-hybridized carbons (Fsp3) is 1.00. The lowest BCUT2D eigenvalue weighted by atomic mass is 9.52. The molecule has 0 N–H and O–H groups in total. The summed E-state index contributed by atoms with van der Waals surface area (Å²) in [5.74, 6) is 5.34. The van der Waals surface area contributed by atoms with Crippen molar-refractivity contribution >= 4 is 0 Å². The van der Waals surface area contributed by atoms with Crippen LogP contribution in [0.3, 0.4) is 0 Å². The molecule has 2 aliphatic rings. The van der Waals surface area contributed by atoms with Crippen LogP contribution < -0.4 is 0 Å². The zero-order valence-corrected chi connectivity index (χ0v) is 23.8. The highest BCUT2D eigenvalue weighted by molar-refractivity contribution is 4.97. The van der Waals surface area contributed by atoms with Crippen molar-refractivity contribution in [1.29, 1.82) is 0 Å². The van der Waals surface area contributed by atoms with Crippen molar-refractivity contribution < 1.29 is 0 Å². The average Bonchev–Trinajstić information content (AvgIpc) is 2.49. The Balaban J connectivity index is 1.91. The van der Waals surface area contributed by atoms with Crippen molar-refractivity contribution in [2.24, 2.45) is 57.2 Å². The van der Waals surface area contributed by atoms with Gasteiger partial charge in [0.05, 0.1) is 0 Å². The van der Waals surface area contributed by atoms with Gasteiger partial charge in [0, 0.05) is 0 Å². The summed E-state index contributed by atoms with van der Waals surface area (Å²) in [7, 11) is 0. The molecule has 2 saturated carbocycles. The molecule has 0 amide bonds. The van der Waals surface area contributed by atoms with Gasteiger partial charge < -0.3 is 0 Å². The molecule has 2 aliphatic carbocycles. The number of hydrogen-bond acceptors (Lipinski definition) is 0. The number of hydrogen-bond donors (Lipinski definition) is 0. The van der Waals surface area contributed by atoms with Crippen LogP contribution in [0.2, 0.25) is 0 Å². The molecule has 0 bridgehead atoms. The second-order valence-corrected chi connectivity index (χ2v) is 15.3. The maximum Gasteiger partial charge on any atom is -0.0314 e. The summed E-state index contributed by atoms with van der Waals surface area (Å²) in [6.45, 7) is 30.4. The molecule has 0 heteroatoms. The monoisotopic (exact) mass is 432 g/mol. The lowest BCUT2D eigenvalue weighted by molar-refractivity contribution is -0.0302. The van der Waals surface area contributed by atoms with Crippen LogP contribution in [-0.2, 0) is 0 Å². The van der Waals surface area contributed by atoms with Gasteiger partial charge in [-0.1, -0.05) is 95.9 Å². The van der Waals surface area contributed by atoms with Crippen LogP contribution in [0.1, 0.15) is 141 Å². The molecular weight excluding hydrogens is 372 g/mol. The first kappa shape index (κ1) is 27.2. The zero-order chi connectivity index (χ0) is 23.8. The molecule has 2 rings (SSSR count). The van der Waals surface area contributed by atoms with Gasteiger partial charge in [0.25, 0.3) is 0 Å². The van der Waals surface area contributed by atoms with Gasteiger partial charge in [-0.05, 0) is 102 Å². The second-order valence-electron chi connectivity index (χ2n) is 15.3. The van der Waals surface area contributed by atoms with Crippen LogP contribution in [0.4, 0.5) is 0 Å². The van der Waals surface area contributed by atoms with Gasteiger partial charge >= 0.3 is 0 Å². The standard InChI is InChI=1S/C31H60/c1-13-26-28(5,6)18-24(19-29(26,7)8)16-22(3)15-23(4)17-25-20-30(9,10)27(14-2)31(11,12)21-25/h22-27H,13-21H2,1-12H3. The van der Waals surface area contributed by atoms with E-state index >= 15 is 0 Å². The van der Waals surface area contributed by atoms with E-state index in [1.54, 1.807) is 0 Å². The van der Waals surface area contributed by atoms with Gasteiger partial charge in [0.15, 0.2) is 0 Å². The molecular formula is C31H60. The van der Waals surface area contributed by atoms with E-state index in [-0.39, 0.29) is 0 Å². The van der Waals surface area contributed by atoms with Crippen molar-refractivity contribution in [2.75, 3.05) is 0 Å². The Morgan fingerprint density at radius 2 is 0.806 bits per heavy atom. The smallest absolute Gasteiger partial charge is 0.0314 e. The van der Waals surface area contributed by atoms with Crippen molar-refractivity contribution in [2.45, 2.75) is 141 Å². The van der Waals surface area contributed by atoms with E-state index in [4.69, 9.17) is 0 Å². The van der Waals surface area contributed by atoms with Crippen LogP contribution in [-0.4, -0.2) is 0 Å². The minimum atomic E-state index is 0.502. The van der Waals surface area contributed by atoms with E-state index in [0.717, 1.165) is 35.5 Å². The van der Waals surface area contributed by atoms with E-state index in [1.165, 1.54) is 57.8 Å². The van der Waals surface area contributed by atoms with Crippen LogP contribution in [0, 0.1) is 57.2 Å². The van der Waals surface area contributed by atoms with Crippen LogP contribution in [0.15, 0.2) is 0 Å². The van der Waals surface area contributed by atoms with Crippen molar-refractivity contribution in [3.8, 4) is 0 Å². The third-order valence-corrected chi connectivity index (χ3v) is 10.1. The predicted molar refractivity (Wildman–Crippen MR) is 140 cm³/mol. The molecule has 0 radical (unpaired) electrons. The predicted octanol–water partition coefficient (Wildman–Crippen LogP) is 10.4. The molecule has 0 heterocycles. The molecule has 0 aliphatic heterocycles. The summed E-state index contributed by atoms with van der Waals surface area (Å²) in [4.78, 5) is 0. The maximum atomic E-state index is 2.56. The van der Waals surface area contributed by atoms with Gasteiger partial charge in [-0.25, -0.2) is 0 Å². The van der Waals surface area contributed by atoms with E-state index in [1.807, 2.05) is 0 Å². The van der Waals surface area contributed by atoms with Crippen LogP contribution in [0.5, 0.6) is 0 Å². The van der Waals surface area contributed by atoms with E-state index in [2.05, 4.69) is 83.1 Å². The third-order valence-electron chi connectivity index (χ3n) is 10.1. The fourth-order valence-electron chi connectivity index (χ4n) is 10.4. The minimum Gasteiger partial charge on any atom is -0.0651 e. The van der Waals surface area contributed by atoms with Gasteiger partial charge in [0.2, 0.25) is 0 Å². The molecule has 0 saturated heterocycles. The van der Waals surface area contributed by atoms with Crippen molar-refractivity contribution in [3.05, 3.63) is 0 Å². The molecule has 2 unspecified atom stereocenters. The summed E-state index contributed by atoms with van der Waals surface area (Å²) in [6, 6.07) is 0. The average molecular weight is 433 g/mol. The fourth-order valence-corrected chi connectivity index (χ4v) is 10.4. The largest absolute Gasteiger partial charge is 0.0651 e. The van der Waals surface area contributed by atoms with Gasteiger partial charge in [0.1, 0.15) is 0 Å². The summed E-state index contributed by atoms with van der Waals surface area (Å²) >= 11 is 0. The Morgan fingerprint density at radius 3 is 1.03 bits per heavy atom. The summed E-state index contributed by atoms with van der Waals surface area (Å²) in [6.07, 6.45) is 12.8. The van der Waals surface area contributed by atoms with Gasteiger partial charge in [-0.2, -0.15) is 0 Å². The summed E-state index contributed by atoms with van der Waals surface area (Å²) in [5.41, 5.74) is 2.01. The Hall–Kier alpha value is 0. The lowest BCUT2D eigenvalue weighted by Crippen LogP contribution is -2.44. The highest BCUT2D eigenvalue weighted by Gasteiger charge is 2.47. The molecule has 184 valence electrons. The SMILES string of the molecule is CCC1C(C)(C)CC(CC(C)CC(C)CC2CC(C)(C)C(CC)C(C)(C)C2)CC1(C)C. The lowest BCUT2D eigenvalue weighted by Gasteiger charge is -2.53. The van der Waals surface area contributed by atoms with E-state index < -0.39 is 0 Å².